The second-order valence-electron chi connectivity index (χ2n) is 4.76. The maximum atomic E-state index is 11.7. The molecule has 1 aromatic carbocycles. The fourth-order valence-corrected chi connectivity index (χ4v) is 2.94. The third-order valence-corrected chi connectivity index (χ3v) is 4.43. The molecule has 2 N–H and O–H groups in total. The fraction of sp³-hybridized carbons (Fsp3) is 0.500. The topological polar surface area (TPSA) is 41.1 Å². The zero-order chi connectivity index (χ0) is 13.5. The maximum Gasteiger partial charge on any atom is 0.230 e. The van der Waals surface area contributed by atoms with Crippen LogP contribution in [0.3, 0.4) is 0 Å². The van der Waals surface area contributed by atoms with Gasteiger partial charge in [0.25, 0.3) is 0 Å². The average Bonchev–Trinajstić information content (AvgIpc) is 2.45. The first kappa shape index (κ1) is 17.6. The fourth-order valence-electron chi connectivity index (χ4n) is 2.09. The minimum atomic E-state index is 0. The highest BCUT2D eigenvalue weighted by molar-refractivity contribution is 8.00. The number of hydrogen-bond donors (Lipinski definition) is 2. The standard InChI is InChI=1S/C14H19ClN2OS.ClH/c15-12-3-5-13(6-4-12)19-10-14(18)17-9-11-2-1-7-16-8-11;/h3-6,11,16H,1-2,7-10H2,(H,17,18);1H. The first-order valence-electron chi connectivity index (χ1n) is 6.60. The van der Waals surface area contributed by atoms with Gasteiger partial charge in [0.15, 0.2) is 0 Å². The van der Waals surface area contributed by atoms with Crippen molar-refractivity contribution in [3.8, 4) is 0 Å². The van der Waals surface area contributed by atoms with Gasteiger partial charge in [0.2, 0.25) is 5.91 Å². The van der Waals surface area contributed by atoms with Crippen LogP contribution in [0.25, 0.3) is 0 Å². The number of nitrogens with one attached hydrogen (secondary N) is 2. The van der Waals surface area contributed by atoms with Gasteiger partial charge >= 0.3 is 0 Å². The molecule has 20 heavy (non-hydrogen) atoms. The largest absolute Gasteiger partial charge is 0.355 e. The molecule has 3 nitrogen and oxygen atoms in total. The number of halogens is 2. The number of hydrogen-bond acceptors (Lipinski definition) is 3. The second-order valence-corrected chi connectivity index (χ2v) is 6.24. The Bertz CT molecular complexity index is 408. The summed E-state index contributed by atoms with van der Waals surface area (Å²) in [4.78, 5) is 12.8. The first-order valence-corrected chi connectivity index (χ1v) is 7.96. The van der Waals surface area contributed by atoms with Crippen molar-refractivity contribution in [3.05, 3.63) is 29.3 Å². The molecule has 1 saturated heterocycles. The molecule has 1 unspecified atom stereocenters. The Labute approximate surface area is 135 Å². The zero-order valence-electron chi connectivity index (χ0n) is 11.2. The van der Waals surface area contributed by atoms with Gasteiger partial charge in [-0.15, -0.1) is 24.2 Å². The number of benzene rings is 1. The molecule has 1 heterocycles. The summed E-state index contributed by atoms with van der Waals surface area (Å²) < 4.78 is 0. The van der Waals surface area contributed by atoms with E-state index in [0.29, 0.717) is 11.7 Å². The molecule has 0 saturated carbocycles. The van der Waals surface area contributed by atoms with E-state index in [1.165, 1.54) is 24.6 Å². The summed E-state index contributed by atoms with van der Waals surface area (Å²) in [6.07, 6.45) is 2.41. The molecular formula is C14H20Cl2N2OS. The van der Waals surface area contributed by atoms with E-state index in [1.54, 1.807) is 0 Å². The Morgan fingerprint density at radius 2 is 2.15 bits per heavy atom. The normalized spacial score (nSPS) is 18.1. The zero-order valence-corrected chi connectivity index (χ0v) is 13.6. The quantitative estimate of drug-likeness (QED) is 0.813. The van der Waals surface area contributed by atoms with Gasteiger partial charge in [-0.3, -0.25) is 4.79 Å². The summed E-state index contributed by atoms with van der Waals surface area (Å²) >= 11 is 7.35. The van der Waals surface area contributed by atoms with Crippen molar-refractivity contribution >= 4 is 41.7 Å². The van der Waals surface area contributed by atoms with Gasteiger partial charge in [-0.1, -0.05) is 11.6 Å². The van der Waals surface area contributed by atoms with E-state index in [2.05, 4.69) is 10.6 Å². The predicted molar refractivity (Wildman–Crippen MR) is 88.0 cm³/mol. The van der Waals surface area contributed by atoms with Crippen LogP contribution in [0.4, 0.5) is 0 Å². The van der Waals surface area contributed by atoms with Crippen molar-refractivity contribution in [3.63, 3.8) is 0 Å². The molecule has 1 fully saturated rings. The molecule has 112 valence electrons. The van der Waals surface area contributed by atoms with Gasteiger partial charge in [-0.05, 0) is 56.1 Å². The molecule has 1 aromatic rings. The summed E-state index contributed by atoms with van der Waals surface area (Å²) in [5.74, 6) is 1.14. The molecule has 1 aliphatic rings. The van der Waals surface area contributed by atoms with Crippen molar-refractivity contribution in [1.29, 1.82) is 0 Å². The van der Waals surface area contributed by atoms with Crippen molar-refractivity contribution in [1.82, 2.24) is 10.6 Å². The SMILES string of the molecule is Cl.O=C(CSc1ccc(Cl)cc1)NCC1CCCNC1. The van der Waals surface area contributed by atoms with Crippen molar-refractivity contribution in [2.24, 2.45) is 5.92 Å². The van der Waals surface area contributed by atoms with Crippen LogP contribution in [0.15, 0.2) is 29.2 Å². The number of rotatable bonds is 5. The lowest BCUT2D eigenvalue weighted by molar-refractivity contribution is -0.118. The molecule has 0 radical (unpaired) electrons. The monoisotopic (exact) mass is 334 g/mol. The molecule has 1 atom stereocenters. The number of carbonyl (C=O) groups excluding carboxylic acids is 1. The molecule has 0 aromatic heterocycles. The minimum absolute atomic E-state index is 0. The minimum Gasteiger partial charge on any atom is -0.355 e. The molecular weight excluding hydrogens is 315 g/mol. The predicted octanol–water partition coefficient (Wildman–Crippen LogP) is 2.97. The summed E-state index contributed by atoms with van der Waals surface area (Å²) in [5, 5.41) is 7.08. The molecule has 6 heteroatoms. The molecule has 0 spiro atoms. The maximum absolute atomic E-state index is 11.7. The summed E-state index contributed by atoms with van der Waals surface area (Å²) in [6, 6.07) is 7.56. The highest BCUT2D eigenvalue weighted by Crippen LogP contribution is 2.20. The van der Waals surface area contributed by atoms with Crippen LogP contribution in [-0.4, -0.2) is 31.3 Å². The van der Waals surface area contributed by atoms with E-state index >= 15 is 0 Å². The van der Waals surface area contributed by atoms with Crippen LogP contribution < -0.4 is 10.6 Å². The van der Waals surface area contributed by atoms with E-state index in [4.69, 9.17) is 11.6 Å². The Morgan fingerprint density at radius 1 is 1.40 bits per heavy atom. The first-order chi connectivity index (χ1) is 9.24. The van der Waals surface area contributed by atoms with Gasteiger partial charge in [0, 0.05) is 16.5 Å². The van der Waals surface area contributed by atoms with E-state index in [0.717, 1.165) is 29.6 Å². The highest BCUT2D eigenvalue weighted by atomic mass is 35.5. The van der Waals surface area contributed by atoms with Crippen molar-refractivity contribution in [2.45, 2.75) is 17.7 Å². The Kier molecular flexibility index (Phi) is 8.38. The van der Waals surface area contributed by atoms with Crippen LogP contribution in [-0.2, 0) is 4.79 Å². The van der Waals surface area contributed by atoms with E-state index in [-0.39, 0.29) is 18.3 Å². The van der Waals surface area contributed by atoms with Gasteiger partial charge in [0.1, 0.15) is 0 Å². The average molecular weight is 335 g/mol. The lowest BCUT2D eigenvalue weighted by Crippen LogP contribution is -2.38. The summed E-state index contributed by atoms with van der Waals surface area (Å²) in [5.41, 5.74) is 0. The number of amides is 1. The van der Waals surface area contributed by atoms with Crippen LogP contribution in [0, 0.1) is 5.92 Å². The van der Waals surface area contributed by atoms with Crippen molar-refractivity contribution < 1.29 is 4.79 Å². The van der Waals surface area contributed by atoms with Gasteiger partial charge in [-0.2, -0.15) is 0 Å². The summed E-state index contributed by atoms with van der Waals surface area (Å²) in [7, 11) is 0. The Hall–Kier alpha value is -0.420. The Balaban J connectivity index is 0.00000200. The van der Waals surface area contributed by atoms with Crippen LogP contribution in [0.2, 0.25) is 5.02 Å². The third kappa shape index (κ3) is 6.35. The van der Waals surface area contributed by atoms with Gasteiger partial charge < -0.3 is 10.6 Å². The molecule has 1 amide bonds. The lowest BCUT2D eigenvalue weighted by Gasteiger charge is -2.22. The third-order valence-electron chi connectivity index (χ3n) is 3.17. The molecule has 0 aliphatic carbocycles. The smallest absolute Gasteiger partial charge is 0.230 e. The molecule has 1 aliphatic heterocycles. The number of piperidine rings is 1. The van der Waals surface area contributed by atoms with E-state index in [9.17, 15) is 4.79 Å². The number of carbonyl (C=O) groups is 1. The van der Waals surface area contributed by atoms with Crippen molar-refractivity contribution in [2.75, 3.05) is 25.4 Å². The van der Waals surface area contributed by atoms with E-state index < -0.39 is 0 Å². The van der Waals surface area contributed by atoms with Gasteiger partial charge in [0.05, 0.1) is 5.75 Å². The number of thioether (sulfide) groups is 1. The van der Waals surface area contributed by atoms with Gasteiger partial charge in [-0.25, -0.2) is 0 Å². The molecule has 2 rings (SSSR count). The molecule has 0 bridgehead atoms. The second kappa shape index (κ2) is 9.50. The van der Waals surface area contributed by atoms with Crippen LogP contribution in [0.1, 0.15) is 12.8 Å². The van der Waals surface area contributed by atoms with Crippen LogP contribution >= 0.6 is 35.8 Å². The Morgan fingerprint density at radius 3 is 2.80 bits per heavy atom. The summed E-state index contributed by atoms with van der Waals surface area (Å²) in [6.45, 7) is 2.91. The van der Waals surface area contributed by atoms with E-state index in [1.807, 2.05) is 24.3 Å². The highest BCUT2D eigenvalue weighted by Gasteiger charge is 2.13. The lowest BCUT2D eigenvalue weighted by atomic mass is 10.00. The van der Waals surface area contributed by atoms with Crippen LogP contribution in [0.5, 0.6) is 0 Å².